The molecule has 1 aromatic heterocycles. The Labute approximate surface area is 101 Å². The average Bonchev–Trinajstić information content (AvgIpc) is 2.35. The Morgan fingerprint density at radius 3 is 3.12 bits per heavy atom. The smallest absolute Gasteiger partial charge is 0.340 e. The van der Waals surface area contributed by atoms with Crippen LogP contribution in [-0.4, -0.2) is 29.2 Å². The molecule has 4 nitrogen and oxygen atoms in total. The second kappa shape index (κ2) is 5.98. The topological polar surface area (TPSA) is 53.7 Å². The molecule has 17 heavy (non-hydrogen) atoms. The first-order valence-corrected chi connectivity index (χ1v) is 6.23. The Bertz CT molecular complexity index is 400. The number of rotatable bonds is 4. The molecular formula is C13H19NO3. The zero-order valence-corrected chi connectivity index (χ0v) is 9.97. The van der Waals surface area contributed by atoms with Gasteiger partial charge in [-0.2, -0.15) is 0 Å². The quantitative estimate of drug-likeness (QED) is 0.859. The van der Waals surface area contributed by atoms with Gasteiger partial charge in [-0.05, 0) is 37.9 Å². The van der Waals surface area contributed by atoms with Crippen LogP contribution in [0.4, 0.5) is 0 Å². The van der Waals surface area contributed by atoms with E-state index in [-0.39, 0.29) is 12.2 Å². The highest BCUT2D eigenvalue weighted by Crippen LogP contribution is 2.20. The first-order chi connectivity index (χ1) is 8.31. The van der Waals surface area contributed by atoms with Crippen molar-refractivity contribution in [3.63, 3.8) is 0 Å². The lowest BCUT2D eigenvalue weighted by Gasteiger charge is -2.35. The molecule has 1 unspecified atom stereocenters. The minimum atomic E-state index is -0.249. The Kier molecular flexibility index (Phi) is 4.34. The average molecular weight is 237 g/mol. The highest BCUT2D eigenvalue weighted by molar-refractivity contribution is 5.07. The van der Waals surface area contributed by atoms with Crippen molar-refractivity contribution in [1.29, 1.82) is 0 Å². The number of hydrogen-bond donors (Lipinski definition) is 1. The van der Waals surface area contributed by atoms with Gasteiger partial charge in [-0.25, -0.2) is 4.79 Å². The van der Waals surface area contributed by atoms with Gasteiger partial charge in [-0.1, -0.05) is 6.42 Å². The summed E-state index contributed by atoms with van der Waals surface area (Å²) in [7, 11) is 0. The predicted octanol–water partition coefficient (Wildman–Crippen LogP) is 1.38. The molecule has 1 N–H and O–H groups in total. The number of hydrogen-bond acceptors (Lipinski definition) is 4. The fraction of sp³-hybridized carbons (Fsp3) is 0.615. The van der Waals surface area contributed by atoms with E-state index < -0.39 is 0 Å². The van der Waals surface area contributed by atoms with Crippen LogP contribution in [-0.2, 0) is 6.54 Å². The van der Waals surface area contributed by atoms with Gasteiger partial charge in [0.05, 0.1) is 11.8 Å². The van der Waals surface area contributed by atoms with Gasteiger partial charge in [0.25, 0.3) is 0 Å². The summed E-state index contributed by atoms with van der Waals surface area (Å²) >= 11 is 0. The number of aliphatic hydroxyl groups is 1. The second-order valence-corrected chi connectivity index (χ2v) is 4.56. The highest BCUT2D eigenvalue weighted by Gasteiger charge is 2.22. The van der Waals surface area contributed by atoms with Gasteiger partial charge < -0.3 is 9.52 Å². The first-order valence-electron chi connectivity index (χ1n) is 6.23. The van der Waals surface area contributed by atoms with Crippen molar-refractivity contribution in [3.8, 4) is 0 Å². The first kappa shape index (κ1) is 12.3. The Morgan fingerprint density at radius 1 is 1.47 bits per heavy atom. The molecule has 0 aliphatic carbocycles. The Balaban J connectivity index is 2.05. The Morgan fingerprint density at radius 2 is 2.35 bits per heavy atom. The van der Waals surface area contributed by atoms with E-state index in [1.807, 2.05) is 6.07 Å². The summed E-state index contributed by atoms with van der Waals surface area (Å²) in [6, 6.07) is 3.96. The fourth-order valence-electron chi connectivity index (χ4n) is 2.48. The van der Waals surface area contributed by atoms with E-state index in [9.17, 15) is 4.79 Å². The van der Waals surface area contributed by atoms with Crippen LogP contribution in [0.5, 0.6) is 0 Å². The molecular weight excluding hydrogens is 218 g/mol. The molecule has 0 aromatic carbocycles. The van der Waals surface area contributed by atoms with Gasteiger partial charge >= 0.3 is 5.63 Å². The van der Waals surface area contributed by atoms with E-state index in [1.54, 1.807) is 6.07 Å². The summed E-state index contributed by atoms with van der Waals surface area (Å²) in [4.78, 5) is 13.8. The number of likely N-dealkylation sites (tertiary alicyclic amines) is 1. The molecule has 0 amide bonds. The maximum Gasteiger partial charge on any atom is 0.340 e. The minimum Gasteiger partial charge on any atom is -0.431 e. The molecule has 1 atom stereocenters. The number of nitrogens with zero attached hydrogens (tertiary/aromatic N) is 1. The van der Waals surface area contributed by atoms with Crippen LogP contribution in [0, 0.1) is 0 Å². The van der Waals surface area contributed by atoms with Crippen LogP contribution in [0.3, 0.4) is 0 Å². The van der Waals surface area contributed by atoms with Crippen LogP contribution in [0.25, 0.3) is 0 Å². The minimum absolute atomic E-state index is 0.213. The van der Waals surface area contributed by atoms with E-state index >= 15 is 0 Å². The van der Waals surface area contributed by atoms with Crippen molar-refractivity contribution < 1.29 is 9.52 Å². The second-order valence-electron chi connectivity index (χ2n) is 4.56. The molecule has 2 heterocycles. The van der Waals surface area contributed by atoms with Crippen LogP contribution in [0.15, 0.2) is 27.6 Å². The van der Waals surface area contributed by atoms with Crippen LogP contribution in [0.2, 0.25) is 0 Å². The third-order valence-corrected chi connectivity index (χ3v) is 3.40. The SMILES string of the molecule is O=c1occcc1CN1CCCCC1CCO. The molecule has 1 aliphatic heterocycles. The van der Waals surface area contributed by atoms with E-state index in [2.05, 4.69) is 4.90 Å². The van der Waals surface area contributed by atoms with E-state index in [1.165, 1.54) is 19.1 Å². The molecule has 1 fully saturated rings. The molecule has 0 radical (unpaired) electrons. The van der Waals surface area contributed by atoms with Crippen LogP contribution in [0.1, 0.15) is 31.2 Å². The van der Waals surface area contributed by atoms with Crippen molar-refractivity contribution in [2.24, 2.45) is 0 Å². The van der Waals surface area contributed by atoms with Crippen molar-refractivity contribution in [3.05, 3.63) is 34.4 Å². The third kappa shape index (κ3) is 3.17. The molecule has 0 bridgehead atoms. The van der Waals surface area contributed by atoms with Gasteiger partial charge in [-0.15, -0.1) is 0 Å². The van der Waals surface area contributed by atoms with Gasteiger partial charge in [0.1, 0.15) is 0 Å². The highest BCUT2D eigenvalue weighted by atomic mass is 16.4. The lowest BCUT2D eigenvalue weighted by atomic mass is 9.99. The number of piperidine rings is 1. The van der Waals surface area contributed by atoms with Gasteiger partial charge in [-0.3, -0.25) is 4.90 Å². The summed E-state index contributed by atoms with van der Waals surface area (Å²) < 4.78 is 4.86. The standard InChI is InChI=1S/C13H19NO3/c15-8-6-12-5-1-2-7-14(12)10-11-4-3-9-17-13(11)16/h3-4,9,12,15H,1-2,5-8,10H2. The molecule has 4 heteroatoms. The molecule has 1 saturated heterocycles. The van der Waals surface area contributed by atoms with Gasteiger partial charge in [0, 0.05) is 19.2 Å². The predicted molar refractivity (Wildman–Crippen MR) is 64.7 cm³/mol. The molecule has 94 valence electrons. The summed E-state index contributed by atoms with van der Waals surface area (Å²) in [6.45, 7) is 1.84. The summed E-state index contributed by atoms with van der Waals surface area (Å²) in [5.74, 6) is 0. The number of aliphatic hydroxyl groups excluding tert-OH is 1. The maximum atomic E-state index is 11.5. The largest absolute Gasteiger partial charge is 0.431 e. The van der Waals surface area contributed by atoms with Crippen molar-refractivity contribution in [1.82, 2.24) is 4.90 Å². The normalized spacial score (nSPS) is 21.6. The maximum absolute atomic E-state index is 11.5. The van der Waals surface area contributed by atoms with Crippen molar-refractivity contribution in [2.45, 2.75) is 38.3 Å². The monoisotopic (exact) mass is 237 g/mol. The summed E-state index contributed by atoms with van der Waals surface area (Å²) in [5.41, 5.74) is 0.457. The lowest BCUT2D eigenvalue weighted by molar-refractivity contribution is 0.111. The van der Waals surface area contributed by atoms with Gasteiger partial charge in [0.2, 0.25) is 0 Å². The molecule has 2 rings (SSSR count). The summed E-state index contributed by atoms with van der Waals surface area (Å²) in [6.07, 6.45) is 5.69. The molecule has 1 aliphatic rings. The fourth-order valence-corrected chi connectivity index (χ4v) is 2.48. The molecule has 0 spiro atoms. The molecule has 0 saturated carbocycles. The molecule has 1 aromatic rings. The lowest BCUT2D eigenvalue weighted by Crippen LogP contribution is -2.40. The summed E-state index contributed by atoms with van der Waals surface area (Å²) in [5, 5.41) is 9.05. The van der Waals surface area contributed by atoms with E-state index in [0.29, 0.717) is 18.2 Å². The Hall–Kier alpha value is -1.13. The zero-order chi connectivity index (χ0) is 12.1. The van der Waals surface area contributed by atoms with Crippen LogP contribution >= 0.6 is 0 Å². The van der Waals surface area contributed by atoms with E-state index in [4.69, 9.17) is 9.52 Å². The van der Waals surface area contributed by atoms with Crippen molar-refractivity contribution >= 4 is 0 Å². The van der Waals surface area contributed by atoms with Crippen LogP contribution < -0.4 is 5.63 Å². The zero-order valence-electron chi connectivity index (χ0n) is 9.97. The van der Waals surface area contributed by atoms with E-state index in [0.717, 1.165) is 19.4 Å². The van der Waals surface area contributed by atoms with Gasteiger partial charge in [0.15, 0.2) is 0 Å². The van der Waals surface area contributed by atoms with Crippen molar-refractivity contribution in [2.75, 3.05) is 13.2 Å². The third-order valence-electron chi connectivity index (χ3n) is 3.40.